The molecule has 3 N–H and O–H groups in total. The van der Waals surface area contributed by atoms with Crippen molar-refractivity contribution in [3.63, 3.8) is 0 Å². The fraction of sp³-hybridized carbons (Fsp3) is 0.0625. The highest BCUT2D eigenvalue weighted by Crippen LogP contribution is 2.28. The Morgan fingerprint density at radius 2 is 1.91 bits per heavy atom. The lowest BCUT2D eigenvalue weighted by Gasteiger charge is -2.09. The molecule has 23 heavy (non-hydrogen) atoms. The highest BCUT2D eigenvalue weighted by atomic mass is 19.1. The van der Waals surface area contributed by atoms with Gasteiger partial charge in [-0.15, -0.1) is 5.10 Å². The van der Waals surface area contributed by atoms with E-state index in [0.717, 1.165) is 5.56 Å². The van der Waals surface area contributed by atoms with Crippen molar-refractivity contribution < 1.29 is 14.3 Å². The summed E-state index contributed by atoms with van der Waals surface area (Å²) in [5.74, 6) is -1.60. The number of hydrogen-bond acceptors (Lipinski definition) is 4. The maximum absolute atomic E-state index is 13.1. The number of carbonyl (C=O) groups is 1. The maximum atomic E-state index is 13.1. The number of anilines is 1. The summed E-state index contributed by atoms with van der Waals surface area (Å²) < 4.78 is 14.5. The summed E-state index contributed by atoms with van der Waals surface area (Å²) in [6.45, 7) is 1.85. The molecule has 0 bridgehead atoms. The Morgan fingerprint density at radius 3 is 2.52 bits per heavy atom. The fourth-order valence-corrected chi connectivity index (χ4v) is 2.24. The monoisotopic (exact) mass is 312 g/mol. The van der Waals surface area contributed by atoms with Crippen molar-refractivity contribution in [2.45, 2.75) is 6.92 Å². The van der Waals surface area contributed by atoms with Crippen LogP contribution in [0, 0.1) is 12.7 Å². The summed E-state index contributed by atoms with van der Waals surface area (Å²) in [5, 5.41) is 17.0. The minimum atomic E-state index is -1.20. The van der Waals surface area contributed by atoms with Crippen LogP contribution in [-0.2, 0) is 0 Å². The van der Waals surface area contributed by atoms with E-state index in [1.165, 1.54) is 28.9 Å². The summed E-state index contributed by atoms with van der Waals surface area (Å²) in [5.41, 5.74) is 8.49. The SMILES string of the molecule is Cc1ccc(-c2c(C(=O)O)nnn2-c2ccc(F)cc2)cc1N. The molecule has 1 aromatic heterocycles. The molecule has 0 fully saturated rings. The lowest BCUT2D eigenvalue weighted by atomic mass is 10.1. The molecular weight excluding hydrogens is 299 g/mol. The molecular formula is C16H13FN4O2. The van der Waals surface area contributed by atoms with E-state index >= 15 is 0 Å². The molecule has 116 valence electrons. The van der Waals surface area contributed by atoms with Crippen LogP contribution in [0.2, 0.25) is 0 Å². The Kier molecular flexibility index (Phi) is 3.53. The minimum Gasteiger partial charge on any atom is -0.476 e. The highest BCUT2D eigenvalue weighted by molar-refractivity contribution is 5.93. The Labute approximate surface area is 131 Å². The first-order valence-electron chi connectivity index (χ1n) is 6.79. The largest absolute Gasteiger partial charge is 0.476 e. The van der Waals surface area contributed by atoms with Crippen LogP contribution in [0.4, 0.5) is 10.1 Å². The van der Waals surface area contributed by atoms with Crippen LogP contribution < -0.4 is 5.73 Å². The number of aryl methyl sites for hydroxylation is 1. The highest BCUT2D eigenvalue weighted by Gasteiger charge is 2.22. The van der Waals surface area contributed by atoms with E-state index in [2.05, 4.69) is 10.3 Å². The molecule has 0 atom stereocenters. The van der Waals surface area contributed by atoms with Gasteiger partial charge in [0, 0.05) is 11.3 Å². The molecule has 7 heteroatoms. The van der Waals surface area contributed by atoms with Gasteiger partial charge in [0.1, 0.15) is 11.5 Å². The van der Waals surface area contributed by atoms with Crippen molar-refractivity contribution in [3.05, 3.63) is 59.5 Å². The third kappa shape index (κ3) is 2.64. The van der Waals surface area contributed by atoms with Gasteiger partial charge in [-0.2, -0.15) is 0 Å². The number of carboxylic acids is 1. The van der Waals surface area contributed by atoms with Crippen LogP contribution in [0.3, 0.4) is 0 Å². The first-order chi connectivity index (χ1) is 11.0. The molecule has 0 saturated heterocycles. The lowest BCUT2D eigenvalue weighted by Crippen LogP contribution is -2.04. The Bertz CT molecular complexity index is 888. The fourth-order valence-electron chi connectivity index (χ4n) is 2.24. The molecule has 0 spiro atoms. The van der Waals surface area contributed by atoms with Gasteiger partial charge in [0.2, 0.25) is 0 Å². The van der Waals surface area contributed by atoms with E-state index in [0.29, 0.717) is 16.9 Å². The van der Waals surface area contributed by atoms with E-state index in [1.54, 1.807) is 18.2 Å². The summed E-state index contributed by atoms with van der Waals surface area (Å²) in [4.78, 5) is 11.4. The quantitative estimate of drug-likeness (QED) is 0.725. The van der Waals surface area contributed by atoms with Gasteiger partial charge in [-0.05, 0) is 42.8 Å². The topological polar surface area (TPSA) is 94.0 Å². The standard InChI is InChI=1S/C16H13FN4O2/c1-9-2-3-10(8-13(9)18)15-14(16(22)23)19-20-21(15)12-6-4-11(17)5-7-12/h2-8H,18H2,1H3,(H,22,23). The van der Waals surface area contributed by atoms with Gasteiger partial charge >= 0.3 is 5.97 Å². The summed E-state index contributed by atoms with van der Waals surface area (Å²) in [6.07, 6.45) is 0. The van der Waals surface area contributed by atoms with Crippen molar-refractivity contribution in [3.8, 4) is 16.9 Å². The summed E-state index contributed by atoms with van der Waals surface area (Å²) >= 11 is 0. The molecule has 0 saturated carbocycles. The molecule has 0 amide bonds. The summed E-state index contributed by atoms with van der Waals surface area (Å²) in [6, 6.07) is 10.7. The minimum absolute atomic E-state index is 0.197. The predicted molar refractivity (Wildman–Crippen MR) is 82.9 cm³/mol. The van der Waals surface area contributed by atoms with Crippen molar-refractivity contribution in [2.24, 2.45) is 0 Å². The zero-order valence-electron chi connectivity index (χ0n) is 12.2. The molecule has 1 heterocycles. The Hall–Kier alpha value is -3.22. The van der Waals surface area contributed by atoms with E-state index in [4.69, 9.17) is 5.73 Å². The number of nitrogen functional groups attached to an aromatic ring is 1. The zero-order chi connectivity index (χ0) is 16.6. The third-order valence-electron chi connectivity index (χ3n) is 3.50. The number of hydrogen-bond donors (Lipinski definition) is 2. The number of nitrogens with zero attached hydrogens (tertiary/aromatic N) is 3. The molecule has 0 aliphatic heterocycles. The van der Waals surface area contributed by atoms with Crippen LogP contribution >= 0.6 is 0 Å². The second kappa shape index (κ2) is 5.53. The van der Waals surface area contributed by atoms with E-state index in [9.17, 15) is 14.3 Å². The predicted octanol–water partition coefficient (Wildman–Crippen LogP) is 2.66. The number of benzene rings is 2. The van der Waals surface area contributed by atoms with Gasteiger partial charge in [-0.3, -0.25) is 0 Å². The molecule has 3 rings (SSSR count). The number of carboxylic acid groups (broad SMARTS) is 1. The zero-order valence-corrected chi connectivity index (χ0v) is 12.2. The van der Waals surface area contributed by atoms with Crippen molar-refractivity contribution in [2.75, 3.05) is 5.73 Å². The average Bonchev–Trinajstić information content (AvgIpc) is 2.96. The molecule has 3 aromatic rings. The van der Waals surface area contributed by atoms with E-state index in [1.807, 2.05) is 6.92 Å². The maximum Gasteiger partial charge on any atom is 0.358 e. The van der Waals surface area contributed by atoms with Gasteiger partial charge in [0.05, 0.1) is 5.69 Å². The second-order valence-corrected chi connectivity index (χ2v) is 5.05. The molecule has 6 nitrogen and oxygen atoms in total. The molecule has 0 unspecified atom stereocenters. The van der Waals surface area contributed by atoms with Crippen molar-refractivity contribution >= 4 is 11.7 Å². The molecule has 0 aliphatic carbocycles. The van der Waals surface area contributed by atoms with Crippen molar-refractivity contribution in [1.82, 2.24) is 15.0 Å². The normalized spacial score (nSPS) is 10.7. The average molecular weight is 312 g/mol. The van der Waals surface area contributed by atoms with Crippen LogP contribution in [0.1, 0.15) is 16.1 Å². The number of aromatic nitrogens is 3. The van der Waals surface area contributed by atoms with Crippen LogP contribution in [-0.4, -0.2) is 26.1 Å². The van der Waals surface area contributed by atoms with Gasteiger partial charge in [0.25, 0.3) is 0 Å². The van der Waals surface area contributed by atoms with Crippen molar-refractivity contribution in [1.29, 1.82) is 0 Å². The van der Waals surface area contributed by atoms with E-state index in [-0.39, 0.29) is 11.4 Å². The number of halogens is 1. The van der Waals surface area contributed by atoms with Gasteiger partial charge in [0.15, 0.2) is 5.69 Å². The number of nitrogens with two attached hydrogens (primary N) is 1. The van der Waals surface area contributed by atoms with E-state index < -0.39 is 11.8 Å². The molecule has 2 aromatic carbocycles. The first-order valence-corrected chi connectivity index (χ1v) is 6.79. The number of aromatic carboxylic acids is 1. The third-order valence-corrected chi connectivity index (χ3v) is 3.50. The molecule has 0 radical (unpaired) electrons. The van der Waals surface area contributed by atoms with Crippen LogP contribution in [0.25, 0.3) is 16.9 Å². The number of rotatable bonds is 3. The van der Waals surface area contributed by atoms with Crippen LogP contribution in [0.15, 0.2) is 42.5 Å². The lowest BCUT2D eigenvalue weighted by molar-refractivity contribution is 0.0691. The first kappa shape index (κ1) is 14.7. The Morgan fingerprint density at radius 1 is 1.22 bits per heavy atom. The molecule has 0 aliphatic rings. The van der Waals surface area contributed by atoms with Crippen LogP contribution in [0.5, 0.6) is 0 Å². The Balaban J connectivity index is 2.24. The van der Waals surface area contributed by atoms with Gasteiger partial charge in [-0.25, -0.2) is 13.9 Å². The van der Waals surface area contributed by atoms with Gasteiger partial charge in [-0.1, -0.05) is 17.3 Å². The second-order valence-electron chi connectivity index (χ2n) is 5.05. The smallest absolute Gasteiger partial charge is 0.358 e. The summed E-state index contributed by atoms with van der Waals surface area (Å²) in [7, 11) is 0. The van der Waals surface area contributed by atoms with Gasteiger partial charge < -0.3 is 10.8 Å².